The van der Waals surface area contributed by atoms with Crippen LogP contribution in [0.4, 0.5) is 0 Å². The quantitative estimate of drug-likeness (QED) is 0.518. The summed E-state index contributed by atoms with van der Waals surface area (Å²) in [6.07, 6.45) is 0. The zero-order valence-electron chi connectivity index (χ0n) is 6.88. The number of aromatic nitrogens is 2. The van der Waals surface area contributed by atoms with Gasteiger partial charge < -0.3 is 0 Å². The van der Waals surface area contributed by atoms with E-state index in [0.717, 1.165) is 0 Å². The zero-order valence-corrected chi connectivity index (χ0v) is 7.70. The minimum Gasteiger partial charge on any atom is -0.0786 e. The van der Waals surface area contributed by atoms with Crippen LogP contribution in [0.25, 0.3) is 0 Å². The van der Waals surface area contributed by atoms with Crippen LogP contribution in [-0.2, 0) is 12.5 Å². The van der Waals surface area contributed by atoms with E-state index in [4.69, 9.17) is 0 Å². The van der Waals surface area contributed by atoms with Gasteiger partial charge in [-0.15, -0.1) is 0 Å². The lowest BCUT2D eigenvalue weighted by Gasteiger charge is -2.09. The highest BCUT2D eigenvalue weighted by Crippen LogP contribution is 2.18. The number of hydrogen-bond donors (Lipinski definition) is 0. The van der Waals surface area contributed by atoms with Crippen LogP contribution < -0.4 is 4.68 Å². The predicted molar refractivity (Wildman–Crippen MR) is 42.0 cm³/mol. The van der Waals surface area contributed by atoms with Gasteiger partial charge in [-0.25, -0.2) is 0 Å². The highest BCUT2D eigenvalue weighted by Gasteiger charge is 2.25. The van der Waals surface area contributed by atoms with Gasteiger partial charge in [-0.3, -0.25) is 0 Å². The predicted octanol–water partition coefficient (Wildman–Crippen LogP) is 1.27. The lowest BCUT2D eigenvalue weighted by molar-refractivity contribution is -0.732. The Labute approximate surface area is 65.7 Å². The van der Waals surface area contributed by atoms with Gasteiger partial charge in [0.1, 0.15) is 0 Å². The van der Waals surface area contributed by atoms with Gasteiger partial charge in [-0.1, -0.05) is 25.5 Å². The van der Waals surface area contributed by atoms with Crippen molar-refractivity contribution in [3.05, 3.63) is 11.1 Å². The Morgan fingerprint density at radius 1 is 1.50 bits per heavy atom. The Morgan fingerprint density at radius 3 is 2.30 bits per heavy atom. The molecule has 0 aromatic carbocycles. The van der Waals surface area contributed by atoms with Gasteiger partial charge in [-0.2, -0.15) is 0 Å². The maximum Gasteiger partial charge on any atom is 0.226 e. The van der Waals surface area contributed by atoms with Crippen LogP contribution in [0.15, 0.2) is 5.38 Å². The summed E-state index contributed by atoms with van der Waals surface area (Å²) in [6.45, 7) is 6.57. The van der Waals surface area contributed by atoms with E-state index in [0.29, 0.717) is 0 Å². The smallest absolute Gasteiger partial charge is 0.0786 e. The molecule has 1 aromatic heterocycles. The molecule has 0 aliphatic heterocycles. The number of rotatable bonds is 0. The number of nitrogens with zero attached hydrogens (tertiary/aromatic N) is 2. The zero-order chi connectivity index (χ0) is 7.78. The molecule has 56 valence electrons. The van der Waals surface area contributed by atoms with Crippen LogP contribution in [0.3, 0.4) is 0 Å². The van der Waals surface area contributed by atoms with Crippen molar-refractivity contribution in [1.29, 1.82) is 0 Å². The van der Waals surface area contributed by atoms with Gasteiger partial charge in [0.2, 0.25) is 5.69 Å². The molecule has 0 atom stereocenters. The molecule has 0 spiro atoms. The van der Waals surface area contributed by atoms with Crippen LogP contribution >= 0.6 is 11.5 Å². The van der Waals surface area contributed by atoms with Crippen LogP contribution in [0.1, 0.15) is 26.5 Å². The van der Waals surface area contributed by atoms with E-state index in [1.54, 1.807) is 0 Å². The first-order valence-corrected chi connectivity index (χ1v) is 4.16. The number of hydrogen-bond acceptors (Lipinski definition) is 2. The van der Waals surface area contributed by atoms with Gasteiger partial charge in [0, 0.05) is 16.9 Å². The minimum absolute atomic E-state index is 0.224. The summed E-state index contributed by atoms with van der Waals surface area (Å²) < 4.78 is 6.08. The molecule has 0 bridgehead atoms. The SMILES string of the molecule is C[n+]1nscc1C(C)(C)C. The summed E-state index contributed by atoms with van der Waals surface area (Å²) in [5, 5.41) is 2.10. The summed E-state index contributed by atoms with van der Waals surface area (Å²) in [5.41, 5.74) is 1.51. The third-order valence-electron chi connectivity index (χ3n) is 1.45. The van der Waals surface area contributed by atoms with E-state index in [2.05, 4.69) is 30.6 Å². The van der Waals surface area contributed by atoms with Crippen LogP contribution in [0.2, 0.25) is 0 Å². The van der Waals surface area contributed by atoms with E-state index in [9.17, 15) is 0 Å². The number of aryl methyl sites for hydroxylation is 1. The lowest BCUT2D eigenvalue weighted by atomic mass is 9.93. The van der Waals surface area contributed by atoms with Crippen LogP contribution in [-0.4, -0.2) is 4.49 Å². The molecule has 10 heavy (non-hydrogen) atoms. The molecular weight excluding hydrogens is 144 g/mol. The van der Waals surface area contributed by atoms with E-state index >= 15 is 0 Å². The maximum absolute atomic E-state index is 4.14. The van der Waals surface area contributed by atoms with Crippen molar-refractivity contribution in [2.75, 3.05) is 0 Å². The lowest BCUT2D eigenvalue weighted by Crippen LogP contribution is -2.39. The molecule has 0 saturated heterocycles. The first-order valence-electron chi connectivity index (χ1n) is 3.33. The Morgan fingerprint density at radius 2 is 2.10 bits per heavy atom. The highest BCUT2D eigenvalue weighted by molar-refractivity contribution is 7.03. The summed E-state index contributed by atoms with van der Waals surface area (Å²) in [5.74, 6) is 0. The van der Waals surface area contributed by atoms with E-state index in [1.807, 2.05) is 11.7 Å². The minimum atomic E-state index is 0.224. The van der Waals surface area contributed by atoms with Crippen LogP contribution in [0, 0.1) is 0 Å². The van der Waals surface area contributed by atoms with Gasteiger partial charge in [0.05, 0.1) is 9.87 Å². The molecule has 1 heterocycles. The Hall–Kier alpha value is -0.440. The standard InChI is InChI=1S/C7H13N2S/c1-7(2,3)6-5-10-8-9(6)4/h5H,1-4H3/q+1. The maximum atomic E-state index is 4.14. The molecule has 0 radical (unpaired) electrons. The largest absolute Gasteiger partial charge is 0.226 e. The molecule has 0 fully saturated rings. The van der Waals surface area contributed by atoms with Gasteiger partial charge >= 0.3 is 0 Å². The van der Waals surface area contributed by atoms with Crippen molar-refractivity contribution in [1.82, 2.24) is 4.49 Å². The molecule has 0 aliphatic carbocycles. The summed E-state index contributed by atoms with van der Waals surface area (Å²) in [4.78, 5) is 0. The van der Waals surface area contributed by atoms with E-state index in [1.165, 1.54) is 17.2 Å². The molecule has 0 amide bonds. The van der Waals surface area contributed by atoms with Crippen LogP contribution in [0.5, 0.6) is 0 Å². The molecular formula is C7H13N2S+. The third-order valence-corrected chi connectivity index (χ3v) is 2.12. The van der Waals surface area contributed by atoms with Gasteiger partial charge in [0.25, 0.3) is 0 Å². The molecule has 3 heteroatoms. The van der Waals surface area contributed by atoms with E-state index in [-0.39, 0.29) is 5.41 Å². The molecule has 0 unspecified atom stereocenters. The summed E-state index contributed by atoms with van der Waals surface area (Å²) in [6, 6.07) is 0. The van der Waals surface area contributed by atoms with Gasteiger partial charge in [-0.05, 0) is 0 Å². The monoisotopic (exact) mass is 157 g/mol. The molecule has 0 aliphatic rings. The second kappa shape index (κ2) is 2.31. The van der Waals surface area contributed by atoms with Crippen molar-refractivity contribution in [3.8, 4) is 0 Å². The first kappa shape index (κ1) is 7.66. The fourth-order valence-electron chi connectivity index (χ4n) is 0.927. The first-order chi connectivity index (χ1) is 4.52. The normalized spacial score (nSPS) is 12.0. The van der Waals surface area contributed by atoms with Gasteiger partial charge in [0.15, 0.2) is 7.05 Å². The highest BCUT2D eigenvalue weighted by atomic mass is 32.1. The molecule has 0 saturated carbocycles. The fourth-order valence-corrected chi connectivity index (χ4v) is 1.81. The van der Waals surface area contributed by atoms with Crippen molar-refractivity contribution in [2.45, 2.75) is 26.2 Å². The molecule has 1 aromatic rings. The van der Waals surface area contributed by atoms with Crippen molar-refractivity contribution < 1.29 is 4.68 Å². The topological polar surface area (TPSA) is 16.8 Å². The summed E-state index contributed by atoms with van der Waals surface area (Å²) in [7, 11) is 1.98. The molecule has 2 nitrogen and oxygen atoms in total. The van der Waals surface area contributed by atoms with E-state index < -0.39 is 0 Å². The Kier molecular flexibility index (Phi) is 1.77. The van der Waals surface area contributed by atoms with Crippen molar-refractivity contribution >= 4 is 11.5 Å². The summed E-state index contributed by atoms with van der Waals surface area (Å²) >= 11 is 1.51. The Bertz CT molecular complexity index is 222. The Balaban J connectivity index is 3.05. The average Bonchev–Trinajstić information content (AvgIpc) is 2.11. The van der Waals surface area contributed by atoms with Crippen molar-refractivity contribution in [2.24, 2.45) is 7.05 Å². The average molecular weight is 157 g/mol. The third kappa shape index (κ3) is 1.34. The molecule has 0 N–H and O–H groups in total. The fraction of sp³-hybridized carbons (Fsp3) is 0.714. The second-order valence-corrected chi connectivity index (χ2v) is 4.07. The second-order valence-electron chi connectivity index (χ2n) is 3.46. The molecule has 1 rings (SSSR count). The van der Waals surface area contributed by atoms with Crippen molar-refractivity contribution in [3.63, 3.8) is 0 Å².